The Morgan fingerprint density at radius 1 is 1.43 bits per heavy atom. The number of rotatable bonds is 2. The number of hydrogen-bond donors (Lipinski definition) is 1. The van der Waals surface area contributed by atoms with E-state index in [1.165, 1.54) is 0 Å². The van der Waals surface area contributed by atoms with Crippen LogP contribution >= 0.6 is 11.5 Å². The molecule has 0 aliphatic heterocycles. The minimum absolute atomic E-state index is 0.215. The van der Waals surface area contributed by atoms with Crippen molar-refractivity contribution < 1.29 is 13.2 Å². The van der Waals surface area contributed by atoms with E-state index >= 15 is 0 Å². The van der Waals surface area contributed by atoms with Gasteiger partial charge in [0.05, 0.1) is 5.54 Å². The average Bonchev–Trinajstić information content (AvgIpc) is 2.51. The molecular weight excluding hydrogens is 215 g/mol. The van der Waals surface area contributed by atoms with Crippen LogP contribution in [0.3, 0.4) is 0 Å². The number of aromatic nitrogens is 2. The van der Waals surface area contributed by atoms with E-state index in [-0.39, 0.29) is 5.01 Å². The van der Waals surface area contributed by atoms with Gasteiger partial charge in [-0.15, -0.1) is 0 Å². The van der Waals surface area contributed by atoms with Crippen molar-refractivity contribution in [1.82, 2.24) is 9.36 Å². The first kappa shape index (κ1) is 11.4. The van der Waals surface area contributed by atoms with Crippen molar-refractivity contribution in [3.05, 3.63) is 10.8 Å². The highest BCUT2D eigenvalue weighted by atomic mass is 32.1. The lowest BCUT2D eigenvalue weighted by Gasteiger charge is -2.18. The van der Waals surface area contributed by atoms with Crippen LogP contribution in [0.1, 0.15) is 31.1 Å². The lowest BCUT2D eigenvalue weighted by molar-refractivity contribution is -0.144. The summed E-state index contributed by atoms with van der Waals surface area (Å²) in [4.78, 5) is 3.38. The van der Waals surface area contributed by atoms with Gasteiger partial charge in [0.2, 0.25) is 5.82 Å². The van der Waals surface area contributed by atoms with Crippen molar-refractivity contribution in [3.8, 4) is 0 Å². The van der Waals surface area contributed by atoms with Crippen LogP contribution < -0.4 is 5.73 Å². The number of nitrogens with two attached hydrogens (primary N) is 1. The zero-order chi connectivity index (χ0) is 11.0. The molecule has 0 radical (unpaired) electrons. The van der Waals surface area contributed by atoms with E-state index in [1.54, 1.807) is 13.8 Å². The van der Waals surface area contributed by atoms with Crippen LogP contribution in [0, 0.1) is 0 Å². The minimum Gasteiger partial charge on any atom is -0.320 e. The first-order valence-corrected chi connectivity index (χ1v) is 4.75. The van der Waals surface area contributed by atoms with Crippen LogP contribution in [0.15, 0.2) is 0 Å². The van der Waals surface area contributed by atoms with Gasteiger partial charge in [-0.3, -0.25) is 0 Å². The maximum atomic E-state index is 12.1. The summed E-state index contributed by atoms with van der Waals surface area (Å²) in [7, 11) is 0. The molecule has 0 saturated heterocycles. The summed E-state index contributed by atoms with van der Waals surface area (Å²) in [5.74, 6) is -1.11. The molecule has 1 heterocycles. The molecule has 0 spiro atoms. The Labute approximate surface area is 83.3 Å². The summed E-state index contributed by atoms with van der Waals surface area (Å²) in [6.07, 6.45) is -3.97. The fourth-order valence-electron chi connectivity index (χ4n) is 0.722. The van der Waals surface area contributed by atoms with Crippen LogP contribution in [0.2, 0.25) is 0 Å². The van der Waals surface area contributed by atoms with Crippen LogP contribution in [0.5, 0.6) is 0 Å². The predicted molar refractivity (Wildman–Crippen MR) is 46.7 cm³/mol. The van der Waals surface area contributed by atoms with Gasteiger partial charge in [-0.2, -0.15) is 17.5 Å². The average molecular weight is 225 g/mol. The Kier molecular flexibility index (Phi) is 2.82. The van der Waals surface area contributed by atoms with Crippen LogP contribution in [-0.4, -0.2) is 9.36 Å². The Morgan fingerprint density at radius 3 is 2.36 bits per heavy atom. The van der Waals surface area contributed by atoms with Gasteiger partial charge in [-0.25, -0.2) is 4.98 Å². The largest absolute Gasteiger partial charge is 0.452 e. The van der Waals surface area contributed by atoms with Gasteiger partial charge >= 0.3 is 6.18 Å². The SMILES string of the molecule is CCC(C)(N)c1nc(C(F)(F)F)ns1. The van der Waals surface area contributed by atoms with E-state index in [0.29, 0.717) is 18.0 Å². The van der Waals surface area contributed by atoms with Gasteiger partial charge in [0.25, 0.3) is 0 Å². The molecule has 2 N–H and O–H groups in total. The molecule has 1 atom stereocenters. The van der Waals surface area contributed by atoms with Gasteiger partial charge < -0.3 is 5.73 Å². The number of alkyl halides is 3. The maximum absolute atomic E-state index is 12.1. The first-order valence-electron chi connectivity index (χ1n) is 3.97. The van der Waals surface area contributed by atoms with Crippen LogP contribution in [-0.2, 0) is 11.7 Å². The van der Waals surface area contributed by atoms with Gasteiger partial charge in [0.1, 0.15) is 5.01 Å². The molecule has 7 heteroatoms. The van der Waals surface area contributed by atoms with Gasteiger partial charge in [0.15, 0.2) is 0 Å². The molecule has 3 nitrogen and oxygen atoms in total. The van der Waals surface area contributed by atoms with E-state index in [2.05, 4.69) is 9.36 Å². The molecule has 1 aromatic rings. The van der Waals surface area contributed by atoms with Crippen molar-refractivity contribution in [2.75, 3.05) is 0 Å². The number of nitrogens with zero attached hydrogens (tertiary/aromatic N) is 2. The topological polar surface area (TPSA) is 51.8 Å². The molecule has 0 aliphatic rings. The molecule has 1 rings (SSSR count). The molecule has 14 heavy (non-hydrogen) atoms. The molecule has 0 aromatic carbocycles. The molecule has 80 valence electrons. The normalized spacial score (nSPS) is 16.7. The van der Waals surface area contributed by atoms with Crippen molar-refractivity contribution >= 4 is 11.5 Å². The maximum Gasteiger partial charge on any atom is 0.452 e. The third-order valence-electron chi connectivity index (χ3n) is 1.90. The molecule has 1 unspecified atom stereocenters. The zero-order valence-electron chi connectivity index (χ0n) is 7.72. The van der Waals surface area contributed by atoms with Crippen molar-refractivity contribution in [2.45, 2.75) is 32.0 Å². The van der Waals surface area contributed by atoms with Gasteiger partial charge in [-0.05, 0) is 24.9 Å². The second kappa shape index (κ2) is 3.47. The van der Waals surface area contributed by atoms with Crippen molar-refractivity contribution in [1.29, 1.82) is 0 Å². The smallest absolute Gasteiger partial charge is 0.320 e. The molecule has 0 aliphatic carbocycles. The Morgan fingerprint density at radius 2 is 2.00 bits per heavy atom. The number of hydrogen-bond acceptors (Lipinski definition) is 4. The first-order chi connectivity index (χ1) is 6.27. The lowest BCUT2D eigenvalue weighted by Crippen LogP contribution is -2.32. The quantitative estimate of drug-likeness (QED) is 0.838. The lowest BCUT2D eigenvalue weighted by atomic mass is 10.0. The van der Waals surface area contributed by atoms with E-state index in [9.17, 15) is 13.2 Å². The summed E-state index contributed by atoms with van der Waals surface area (Å²) < 4.78 is 39.6. The second-order valence-corrected chi connectivity index (χ2v) is 3.94. The summed E-state index contributed by atoms with van der Waals surface area (Å²) in [6.45, 7) is 3.42. The Hall–Kier alpha value is -0.690. The fraction of sp³-hybridized carbons (Fsp3) is 0.714. The standard InChI is InChI=1S/C7H10F3N3S/c1-3-6(2,11)5-12-4(13-14-5)7(8,9)10/h3,11H2,1-2H3. The molecule has 0 fully saturated rings. The second-order valence-electron chi connectivity index (χ2n) is 3.19. The Balaban J connectivity index is 3.00. The van der Waals surface area contributed by atoms with E-state index in [4.69, 9.17) is 5.73 Å². The predicted octanol–water partition coefficient (Wildman–Crippen LogP) is 2.14. The summed E-state index contributed by atoms with van der Waals surface area (Å²) in [5.41, 5.74) is 4.90. The highest BCUT2D eigenvalue weighted by Crippen LogP contribution is 2.30. The van der Waals surface area contributed by atoms with Crippen LogP contribution in [0.25, 0.3) is 0 Å². The molecular formula is C7H10F3N3S. The molecule has 0 amide bonds. The molecule has 0 saturated carbocycles. The summed E-state index contributed by atoms with van der Waals surface area (Å²) in [6, 6.07) is 0. The third kappa shape index (κ3) is 2.21. The van der Waals surface area contributed by atoms with Crippen molar-refractivity contribution in [3.63, 3.8) is 0 Å². The monoisotopic (exact) mass is 225 g/mol. The molecule has 0 bridgehead atoms. The number of halogens is 3. The third-order valence-corrected chi connectivity index (χ3v) is 2.90. The van der Waals surface area contributed by atoms with E-state index in [0.717, 1.165) is 0 Å². The summed E-state index contributed by atoms with van der Waals surface area (Å²) >= 11 is 0.702. The molecule has 1 aromatic heterocycles. The van der Waals surface area contributed by atoms with Gasteiger partial charge in [-0.1, -0.05) is 6.92 Å². The van der Waals surface area contributed by atoms with Gasteiger partial charge in [0, 0.05) is 0 Å². The van der Waals surface area contributed by atoms with E-state index < -0.39 is 17.5 Å². The minimum atomic E-state index is -4.49. The fourth-order valence-corrected chi connectivity index (χ4v) is 1.52. The highest BCUT2D eigenvalue weighted by molar-refractivity contribution is 7.05. The zero-order valence-corrected chi connectivity index (χ0v) is 8.54. The highest BCUT2D eigenvalue weighted by Gasteiger charge is 2.37. The summed E-state index contributed by atoms with van der Waals surface area (Å²) in [5, 5.41) is 0.215. The van der Waals surface area contributed by atoms with Crippen LogP contribution in [0.4, 0.5) is 13.2 Å². The Bertz CT molecular complexity index is 318. The van der Waals surface area contributed by atoms with Crippen molar-refractivity contribution in [2.24, 2.45) is 5.73 Å². The van der Waals surface area contributed by atoms with E-state index in [1.807, 2.05) is 0 Å².